The topological polar surface area (TPSA) is 50.0 Å². The van der Waals surface area contributed by atoms with Crippen LogP contribution in [-0.4, -0.2) is 31.4 Å². The molecule has 2 aromatic heterocycles. The van der Waals surface area contributed by atoms with Crippen molar-refractivity contribution in [3.05, 3.63) is 70.8 Å². The fraction of sp³-hybridized carbons (Fsp3) is 0.586. The van der Waals surface area contributed by atoms with Crippen LogP contribution in [0.25, 0.3) is 0 Å². The average Bonchev–Trinajstić information content (AvgIpc) is 3.39. The number of imidazole rings is 2. The van der Waals surface area contributed by atoms with E-state index in [2.05, 4.69) is 90.6 Å². The lowest BCUT2D eigenvalue weighted by atomic mass is 9.80. The van der Waals surface area contributed by atoms with Gasteiger partial charge in [-0.2, -0.15) is 0 Å². The fourth-order valence-electron chi connectivity index (χ4n) is 6.13. The first kappa shape index (κ1) is 26.6. The summed E-state index contributed by atoms with van der Waals surface area (Å²) in [5.41, 5.74) is 7.09. The zero-order valence-corrected chi connectivity index (χ0v) is 23.6. The van der Waals surface area contributed by atoms with Gasteiger partial charge in [-0.3, -0.25) is 0 Å². The van der Waals surface area contributed by atoms with Crippen LogP contribution in [0.5, 0.6) is 0 Å². The minimum atomic E-state index is -0.437. The van der Waals surface area contributed by atoms with E-state index >= 15 is 0 Å². The monoisotopic (exact) mass is 494 g/mol. The van der Waals surface area contributed by atoms with Gasteiger partial charge in [-0.25, -0.2) is 18.3 Å². The smallest absolute Gasteiger partial charge is 0.243 e. The minimum absolute atomic E-state index is 0.0548. The molecule has 0 N–H and O–H groups in total. The van der Waals surface area contributed by atoms with Crippen molar-refractivity contribution in [1.82, 2.24) is 14.2 Å². The Labute approximate surface area is 216 Å². The lowest BCUT2D eigenvalue weighted by molar-refractivity contribution is -0.671. The Kier molecular flexibility index (Phi) is 7.21. The van der Waals surface area contributed by atoms with E-state index in [4.69, 9.17) is 4.74 Å². The molecule has 0 amide bonds. The highest BCUT2D eigenvalue weighted by atomic mass is 16.5. The van der Waals surface area contributed by atoms with Gasteiger partial charge in [0.1, 0.15) is 37.9 Å². The van der Waals surface area contributed by atoms with Crippen molar-refractivity contribution in [2.24, 2.45) is 14.1 Å². The van der Waals surface area contributed by atoms with Gasteiger partial charge in [-0.15, -0.1) is 10.3 Å². The van der Waals surface area contributed by atoms with Gasteiger partial charge in [0.15, 0.2) is 0 Å². The summed E-state index contributed by atoms with van der Waals surface area (Å²) in [7, 11) is 4.11. The van der Waals surface area contributed by atoms with Crippen LogP contribution in [0.2, 0.25) is 0 Å². The van der Waals surface area contributed by atoms with Gasteiger partial charge in [-0.1, -0.05) is 0 Å². The molecule has 3 aromatic rings. The maximum Gasteiger partial charge on any atom is 0.243 e. The molecule has 1 fully saturated rings. The Bertz CT molecular complexity index is 1150. The van der Waals surface area contributed by atoms with Crippen LogP contribution < -0.4 is 9.13 Å². The van der Waals surface area contributed by atoms with Gasteiger partial charge in [0.05, 0.1) is 26.8 Å². The van der Waals surface area contributed by atoms with Gasteiger partial charge >= 0.3 is 0 Å². The van der Waals surface area contributed by atoms with E-state index in [9.17, 15) is 5.21 Å². The summed E-state index contributed by atoms with van der Waals surface area (Å²) >= 11 is 0. The number of benzene rings is 1. The average molecular weight is 495 g/mol. The Morgan fingerprint density at radius 2 is 1.22 bits per heavy atom. The summed E-state index contributed by atoms with van der Waals surface area (Å²) in [6.07, 6.45) is 14.2. The van der Waals surface area contributed by atoms with Gasteiger partial charge in [0.2, 0.25) is 12.7 Å². The molecule has 1 aromatic carbocycles. The van der Waals surface area contributed by atoms with Crippen LogP contribution in [0.1, 0.15) is 73.9 Å². The first-order valence-corrected chi connectivity index (χ1v) is 13.0. The summed E-state index contributed by atoms with van der Waals surface area (Å²) in [6.45, 7) is 17.1. The van der Waals surface area contributed by atoms with E-state index in [0.29, 0.717) is 6.61 Å². The summed E-state index contributed by atoms with van der Waals surface area (Å²) in [5.74, 6) is 0. The molecular weight excluding hydrogens is 450 g/mol. The Hall–Kier alpha value is -2.48. The molecule has 7 heteroatoms. The summed E-state index contributed by atoms with van der Waals surface area (Å²) < 4.78 is 15.3. The highest BCUT2D eigenvalue weighted by molar-refractivity contribution is 5.50. The highest BCUT2D eigenvalue weighted by Gasteiger charge is 2.46. The summed E-state index contributed by atoms with van der Waals surface area (Å²) in [5, 5.41) is 14.1. The minimum Gasteiger partial charge on any atom is -0.373 e. The predicted octanol–water partition coefficient (Wildman–Crippen LogP) is 3.84. The SMILES string of the molecule is Cc1c(COC2CC(C)(C)N([O])C(C)(C)C2)c(C)c(Cn2cc[n+](C)c2)c(C)c1Cn1cc[n+](C)c1. The van der Waals surface area contributed by atoms with Crippen molar-refractivity contribution in [2.45, 2.75) is 98.2 Å². The van der Waals surface area contributed by atoms with Crippen molar-refractivity contribution in [3.8, 4) is 0 Å². The highest BCUT2D eigenvalue weighted by Crippen LogP contribution is 2.39. The molecule has 1 aliphatic heterocycles. The van der Waals surface area contributed by atoms with Gasteiger partial charge in [0.25, 0.3) is 0 Å². The molecule has 0 aliphatic carbocycles. The molecule has 0 spiro atoms. The predicted molar refractivity (Wildman–Crippen MR) is 139 cm³/mol. The van der Waals surface area contributed by atoms with Crippen molar-refractivity contribution >= 4 is 0 Å². The van der Waals surface area contributed by atoms with Crippen LogP contribution in [0, 0.1) is 20.8 Å². The number of hydroxylamine groups is 2. The zero-order valence-electron chi connectivity index (χ0n) is 23.6. The zero-order chi connectivity index (χ0) is 26.4. The molecule has 0 saturated carbocycles. The third-order valence-corrected chi connectivity index (χ3v) is 8.06. The normalized spacial score (nSPS) is 18.2. The molecule has 1 aliphatic rings. The van der Waals surface area contributed by atoms with E-state index in [1.54, 1.807) is 0 Å². The van der Waals surface area contributed by atoms with Crippen LogP contribution in [0.15, 0.2) is 37.4 Å². The van der Waals surface area contributed by atoms with E-state index in [1.165, 1.54) is 38.4 Å². The first-order chi connectivity index (χ1) is 16.8. The number of hydrogen-bond donors (Lipinski definition) is 0. The van der Waals surface area contributed by atoms with Crippen molar-refractivity contribution in [3.63, 3.8) is 0 Å². The van der Waals surface area contributed by atoms with Crippen molar-refractivity contribution < 1.29 is 19.1 Å². The lowest BCUT2D eigenvalue weighted by Crippen LogP contribution is -2.59. The molecule has 1 saturated heterocycles. The summed E-state index contributed by atoms with van der Waals surface area (Å²) in [6, 6.07) is 0. The second-order valence-corrected chi connectivity index (χ2v) is 12.1. The van der Waals surface area contributed by atoms with Gasteiger partial charge in [0, 0.05) is 22.2 Å². The molecule has 36 heavy (non-hydrogen) atoms. The number of aryl methyl sites for hydroxylation is 2. The quantitative estimate of drug-likeness (QED) is 0.469. The molecule has 0 atom stereocenters. The van der Waals surface area contributed by atoms with E-state index in [1.807, 2.05) is 27.7 Å². The van der Waals surface area contributed by atoms with E-state index in [-0.39, 0.29) is 6.10 Å². The van der Waals surface area contributed by atoms with Crippen LogP contribution in [0.4, 0.5) is 0 Å². The Balaban J connectivity index is 1.69. The molecule has 1 radical (unpaired) electrons. The number of rotatable bonds is 7. The number of piperidine rings is 1. The van der Waals surface area contributed by atoms with Crippen molar-refractivity contribution in [1.29, 1.82) is 0 Å². The van der Waals surface area contributed by atoms with Crippen LogP contribution >= 0.6 is 0 Å². The third kappa shape index (κ3) is 5.29. The van der Waals surface area contributed by atoms with Gasteiger partial charge in [-0.05, 0) is 83.6 Å². The number of aromatic nitrogens is 4. The second kappa shape index (κ2) is 9.77. The van der Waals surface area contributed by atoms with E-state index in [0.717, 1.165) is 25.9 Å². The number of nitrogens with zero attached hydrogens (tertiary/aromatic N) is 5. The third-order valence-electron chi connectivity index (χ3n) is 8.06. The van der Waals surface area contributed by atoms with Crippen LogP contribution in [-0.2, 0) is 43.7 Å². The summed E-state index contributed by atoms with van der Waals surface area (Å²) in [4.78, 5) is 0. The Morgan fingerprint density at radius 1 is 0.806 bits per heavy atom. The lowest BCUT2D eigenvalue weighted by Gasteiger charge is -2.49. The van der Waals surface area contributed by atoms with Crippen LogP contribution in [0.3, 0.4) is 0 Å². The van der Waals surface area contributed by atoms with Crippen molar-refractivity contribution in [2.75, 3.05) is 0 Å². The molecule has 195 valence electrons. The molecule has 0 unspecified atom stereocenters. The standard InChI is InChI=1S/C29H44N5O2/c1-21-25(16-32-12-10-30(8)19-32)22(2)27(23(3)26(21)17-33-13-11-31(9)20-33)18-36-24-14-28(4,5)34(35)29(6,7)15-24/h10-13,19-20,24H,14-18H2,1-9H3/q+2. The molecule has 3 heterocycles. The number of ether oxygens (including phenoxy) is 1. The largest absolute Gasteiger partial charge is 0.373 e. The fourth-order valence-corrected chi connectivity index (χ4v) is 6.13. The van der Waals surface area contributed by atoms with E-state index < -0.39 is 11.1 Å². The number of hydrogen-bond acceptors (Lipinski definition) is 2. The van der Waals surface area contributed by atoms with Gasteiger partial charge < -0.3 is 4.74 Å². The maximum absolute atomic E-state index is 12.8. The maximum atomic E-state index is 12.8. The molecule has 4 rings (SSSR count). The molecule has 7 nitrogen and oxygen atoms in total. The first-order valence-electron chi connectivity index (χ1n) is 13.0. The molecular formula is C29H44N5O2+2. The molecule has 0 bridgehead atoms. The second-order valence-electron chi connectivity index (χ2n) is 12.1. The Morgan fingerprint density at radius 3 is 1.61 bits per heavy atom.